The first-order chi connectivity index (χ1) is 11.0. The molecule has 3 atom stereocenters. The Morgan fingerprint density at radius 1 is 1.25 bits per heavy atom. The number of hydrogen-bond donors (Lipinski definition) is 5. The highest BCUT2D eigenvalue weighted by atomic mass is 19.1. The van der Waals surface area contributed by atoms with E-state index in [1.165, 1.54) is 13.8 Å². The molecule has 0 aliphatic heterocycles. The van der Waals surface area contributed by atoms with Crippen LogP contribution in [0.3, 0.4) is 0 Å². The van der Waals surface area contributed by atoms with Crippen LogP contribution in [0.2, 0.25) is 0 Å². The molecule has 0 radical (unpaired) electrons. The van der Waals surface area contributed by atoms with Gasteiger partial charge in [-0.2, -0.15) is 4.39 Å². The van der Waals surface area contributed by atoms with Gasteiger partial charge in [-0.15, -0.1) is 0 Å². The highest BCUT2D eigenvalue weighted by Crippen LogP contribution is 2.00. The summed E-state index contributed by atoms with van der Waals surface area (Å²) in [6.07, 6.45) is -1.64. The monoisotopic (exact) mass is 345 g/mol. The molecule has 132 valence electrons. The molecule has 1 unspecified atom stereocenters. The van der Waals surface area contributed by atoms with Crippen LogP contribution in [0.5, 0.6) is 0 Å². The first-order valence-electron chi connectivity index (χ1n) is 6.64. The predicted octanol–water partition coefficient (Wildman–Crippen LogP) is -2.77. The summed E-state index contributed by atoms with van der Waals surface area (Å²) in [4.78, 5) is 58.7. The Morgan fingerprint density at radius 2 is 1.83 bits per heavy atom. The molecule has 6 N–H and O–H groups in total. The summed E-state index contributed by atoms with van der Waals surface area (Å²) in [7, 11) is 0. The largest absolute Gasteiger partial charge is 0.478 e. The fourth-order valence-corrected chi connectivity index (χ4v) is 1.57. The van der Waals surface area contributed by atoms with Crippen molar-refractivity contribution in [2.75, 3.05) is 0 Å². The molecular weight excluding hydrogens is 329 g/mol. The zero-order valence-electron chi connectivity index (χ0n) is 12.7. The lowest BCUT2D eigenvalue weighted by molar-refractivity contribution is -0.145. The number of H-pyrrole nitrogens is 1. The van der Waals surface area contributed by atoms with Gasteiger partial charge in [0.15, 0.2) is 0 Å². The minimum absolute atomic E-state index is 0.289. The molecule has 0 spiro atoms. The number of aromatic amines is 1. The number of aliphatic carboxylic acids is 1. The number of nitrogens with one attached hydrogen (secondary N) is 3. The fraction of sp³-hybridized carbons (Fsp3) is 0.417. The Morgan fingerprint density at radius 3 is 2.33 bits per heavy atom. The molecule has 0 aliphatic rings. The van der Waals surface area contributed by atoms with E-state index in [9.17, 15) is 28.4 Å². The van der Waals surface area contributed by atoms with Gasteiger partial charge >= 0.3 is 11.7 Å². The van der Waals surface area contributed by atoms with Crippen LogP contribution in [-0.4, -0.2) is 44.5 Å². The number of nitrogens with two attached hydrogens (primary N) is 1. The summed E-state index contributed by atoms with van der Waals surface area (Å²) in [6, 6.07) is -2.07. The maximum atomic E-state index is 13.3. The summed E-state index contributed by atoms with van der Waals surface area (Å²) < 4.78 is 13.5. The van der Waals surface area contributed by atoms with Crippen LogP contribution in [-0.2, 0) is 14.4 Å². The van der Waals surface area contributed by atoms with Crippen molar-refractivity contribution in [3.63, 3.8) is 0 Å². The van der Waals surface area contributed by atoms with Crippen LogP contribution < -0.4 is 27.6 Å². The third kappa shape index (κ3) is 4.49. The van der Waals surface area contributed by atoms with E-state index in [0.29, 0.717) is 6.20 Å². The molecule has 0 aromatic carbocycles. The second kappa shape index (κ2) is 7.50. The lowest BCUT2D eigenvalue weighted by Gasteiger charge is -2.20. The van der Waals surface area contributed by atoms with Crippen molar-refractivity contribution in [1.82, 2.24) is 20.2 Å². The van der Waals surface area contributed by atoms with Gasteiger partial charge in [0.1, 0.15) is 6.04 Å². The van der Waals surface area contributed by atoms with E-state index in [1.807, 2.05) is 5.32 Å². The van der Waals surface area contributed by atoms with Crippen molar-refractivity contribution in [3.05, 3.63) is 32.9 Å². The van der Waals surface area contributed by atoms with Gasteiger partial charge in [-0.1, -0.05) is 0 Å². The van der Waals surface area contributed by atoms with Gasteiger partial charge < -0.3 is 21.5 Å². The molecule has 2 amide bonds. The number of carboxylic acid groups (broad SMARTS) is 1. The quantitative estimate of drug-likeness (QED) is 0.370. The maximum absolute atomic E-state index is 13.3. The number of aromatic nitrogens is 2. The van der Waals surface area contributed by atoms with E-state index < -0.39 is 53.1 Å². The molecule has 0 bridgehead atoms. The van der Waals surface area contributed by atoms with E-state index in [1.54, 1.807) is 4.98 Å². The lowest BCUT2D eigenvalue weighted by Crippen LogP contribution is -2.52. The van der Waals surface area contributed by atoms with Crippen LogP contribution >= 0.6 is 0 Å². The number of carbonyl (C=O) groups is 3. The molecule has 12 heteroatoms. The highest BCUT2D eigenvalue weighted by molar-refractivity contribution is 5.90. The molecule has 1 aromatic rings. The zero-order chi connectivity index (χ0) is 18.6. The summed E-state index contributed by atoms with van der Waals surface area (Å²) in [5.41, 5.74) is 2.75. The van der Waals surface area contributed by atoms with E-state index in [2.05, 4.69) is 5.32 Å². The lowest BCUT2D eigenvalue weighted by atomic mass is 10.2. The summed E-state index contributed by atoms with van der Waals surface area (Å²) in [5.74, 6) is -4.72. The molecule has 0 fully saturated rings. The molecular formula is C12H16FN5O6. The van der Waals surface area contributed by atoms with E-state index in [4.69, 9.17) is 10.8 Å². The Labute approximate surface area is 133 Å². The standard InChI is InChI=1S/C12H16FN5O6/c1-4(14)8(19)15-5(2)9(20)16-7(11(22)23)18-3-6(13)10(21)17-12(18)24/h3-5,7H,14H2,1-2H3,(H,15,19)(H,16,20)(H,22,23)(H,17,21,24)/t4-,5-,7?/m0/s1. The molecule has 0 saturated heterocycles. The second-order valence-electron chi connectivity index (χ2n) is 4.91. The minimum Gasteiger partial charge on any atom is -0.478 e. The molecule has 1 aromatic heterocycles. The molecule has 24 heavy (non-hydrogen) atoms. The first kappa shape index (κ1) is 19.0. The fourth-order valence-electron chi connectivity index (χ4n) is 1.57. The third-order valence-corrected chi connectivity index (χ3v) is 2.88. The summed E-state index contributed by atoms with van der Waals surface area (Å²) >= 11 is 0. The molecule has 0 saturated carbocycles. The van der Waals surface area contributed by atoms with Gasteiger partial charge in [0, 0.05) is 0 Å². The van der Waals surface area contributed by atoms with E-state index >= 15 is 0 Å². The van der Waals surface area contributed by atoms with Gasteiger partial charge in [-0.05, 0) is 13.8 Å². The summed E-state index contributed by atoms with van der Waals surface area (Å²) in [6.45, 7) is 2.63. The van der Waals surface area contributed by atoms with Crippen LogP contribution in [0, 0.1) is 5.82 Å². The molecule has 1 heterocycles. The van der Waals surface area contributed by atoms with Gasteiger partial charge in [0.25, 0.3) is 5.56 Å². The smallest absolute Gasteiger partial charge is 0.347 e. The SMILES string of the molecule is C[C@H](N)C(=O)N[C@@H](C)C(=O)NC(C(=O)O)n1cc(F)c(=O)[nH]c1=O. The second-order valence-corrected chi connectivity index (χ2v) is 4.91. The Kier molecular flexibility index (Phi) is 5.95. The van der Waals surface area contributed by atoms with Crippen LogP contribution in [0.4, 0.5) is 4.39 Å². The van der Waals surface area contributed by atoms with Crippen molar-refractivity contribution >= 4 is 17.8 Å². The topological polar surface area (TPSA) is 176 Å². The number of rotatable bonds is 6. The zero-order valence-corrected chi connectivity index (χ0v) is 12.7. The third-order valence-electron chi connectivity index (χ3n) is 2.88. The highest BCUT2D eigenvalue weighted by Gasteiger charge is 2.27. The number of nitrogens with zero attached hydrogens (tertiary/aromatic N) is 1. The van der Waals surface area contributed by atoms with Gasteiger partial charge in [0.2, 0.25) is 23.8 Å². The van der Waals surface area contributed by atoms with Crippen LogP contribution in [0.15, 0.2) is 15.8 Å². The summed E-state index contributed by atoms with van der Waals surface area (Å²) in [5, 5.41) is 13.3. The Balaban J connectivity index is 3.03. The van der Waals surface area contributed by atoms with Gasteiger partial charge in [0.05, 0.1) is 12.2 Å². The van der Waals surface area contributed by atoms with Crippen molar-refractivity contribution in [1.29, 1.82) is 0 Å². The van der Waals surface area contributed by atoms with Crippen molar-refractivity contribution < 1.29 is 23.9 Å². The van der Waals surface area contributed by atoms with Crippen LogP contribution in [0.25, 0.3) is 0 Å². The average Bonchev–Trinajstić information content (AvgIpc) is 2.48. The average molecular weight is 345 g/mol. The number of amides is 2. The van der Waals surface area contributed by atoms with Crippen molar-refractivity contribution in [2.45, 2.75) is 32.1 Å². The van der Waals surface area contributed by atoms with Gasteiger partial charge in [-0.3, -0.25) is 23.9 Å². The Bertz CT molecular complexity index is 770. The number of carboxylic acids is 1. The van der Waals surface area contributed by atoms with E-state index in [0.717, 1.165) is 0 Å². The number of halogens is 1. The molecule has 11 nitrogen and oxygen atoms in total. The van der Waals surface area contributed by atoms with Crippen molar-refractivity contribution in [2.24, 2.45) is 5.73 Å². The number of carbonyl (C=O) groups excluding carboxylic acids is 2. The maximum Gasteiger partial charge on any atom is 0.347 e. The molecule has 0 aliphatic carbocycles. The van der Waals surface area contributed by atoms with Crippen LogP contribution in [0.1, 0.15) is 20.0 Å². The van der Waals surface area contributed by atoms with Crippen molar-refractivity contribution in [3.8, 4) is 0 Å². The normalized spacial score (nSPS) is 14.3. The van der Waals surface area contributed by atoms with Gasteiger partial charge in [-0.25, -0.2) is 9.59 Å². The minimum atomic E-state index is -1.99. The predicted molar refractivity (Wildman–Crippen MR) is 77.4 cm³/mol. The Hall–Kier alpha value is -3.02. The molecule has 1 rings (SSSR count). The number of hydrogen-bond acceptors (Lipinski definition) is 6. The first-order valence-corrected chi connectivity index (χ1v) is 6.64. The van der Waals surface area contributed by atoms with E-state index in [-0.39, 0.29) is 4.57 Å².